The van der Waals surface area contributed by atoms with E-state index in [1.165, 1.54) is 4.90 Å². The van der Waals surface area contributed by atoms with Crippen molar-refractivity contribution in [2.75, 3.05) is 12.3 Å². The number of aliphatic carboxylic acids is 1. The van der Waals surface area contributed by atoms with Gasteiger partial charge in [0, 0.05) is 17.3 Å². The van der Waals surface area contributed by atoms with Gasteiger partial charge in [0.2, 0.25) is 0 Å². The van der Waals surface area contributed by atoms with Gasteiger partial charge in [-0.25, -0.2) is 0 Å². The molecule has 1 aromatic rings. The van der Waals surface area contributed by atoms with Crippen LogP contribution in [0.3, 0.4) is 0 Å². The number of carboxylic acids is 1. The van der Waals surface area contributed by atoms with E-state index in [1.807, 2.05) is 19.1 Å². The zero-order valence-electron chi connectivity index (χ0n) is 12.3. The number of carboxylic acid groups (broad SMARTS) is 1. The van der Waals surface area contributed by atoms with Gasteiger partial charge in [0.1, 0.15) is 5.54 Å². The average molecular weight is 296 g/mol. The second-order valence-electron chi connectivity index (χ2n) is 4.80. The highest BCUT2D eigenvalue weighted by atomic mass is 32.2. The Bertz CT molecular complexity index is 400. The second kappa shape index (κ2) is 8.97. The predicted octanol–water partition coefficient (Wildman–Crippen LogP) is 3.19. The number of rotatable bonds is 10. The van der Waals surface area contributed by atoms with Crippen molar-refractivity contribution in [3.05, 3.63) is 24.5 Å². The SMILES string of the molecule is CCCNC(CC)(CCCSc1ccncc1)C(=O)O. The molecule has 0 bridgehead atoms. The van der Waals surface area contributed by atoms with E-state index in [2.05, 4.69) is 17.2 Å². The third kappa shape index (κ3) is 5.13. The maximum atomic E-state index is 11.5. The van der Waals surface area contributed by atoms with Crippen molar-refractivity contribution in [2.45, 2.75) is 50.0 Å². The molecule has 1 aromatic heterocycles. The van der Waals surface area contributed by atoms with Crippen molar-refractivity contribution >= 4 is 17.7 Å². The lowest BCUT2D eigenvalue weighted by Gasteiger charge is -2.29. The first kappa shape index (κ1) is 17.0. The van der Waals surface area contributed by atoms with Crippen LogP contribution in [0.15, 0.2) is 29.4 Å². The number of hydrogen-bond donors (Lipinski definition) is 2. The summed E-state index contributed by atoms with van der Waals surface area (Å²) in [6.07, 6.45) is 6.65. The van der Waals surface area contributed by atoms with Gasteiger partial charge in [-0.05, 0) is 50.1 Å². The number of nitrogens with zero attached hydrogens (tertiary/aromatic N) is 1. The lowest BCUT2D eigenvalue weighted by atomic mass is 9.90. The van der Waals surface area contributed by atoms with E-state index in [0.717, 1.165) is 25.1 Å². The summed E-state index contributed by atoms with van der Waals surface area (Å²) < 4.78 is 0. The van der Waals surface area contributed by atoms with Gasteiger partial charge in [-0.3, -0.25) is 9.78 Å². The molecule has 1 unspecified atom stereocenters. The van der Waals surface area contributed by atoms with Crippen molar-refractivity contribution in [3.63, 3.8) is 0 Å². The molecule has 0 saturated heterocycles. The summed E-state index contributed by atoms with van der Waals surface area (Å²) in [5, 5.41) is 12.7. The van der Waals surface area contributed by atoms with Crippen LogP contribution in [-0.4, -0.2) is 33.9 Å². The quantitative estimate of drug-likeness (QED) is 0.513. The molecule has 0 fully saturated rings. The van der Waals surface area contributed by atoms with Crippen molar-refractivity contribution in [2.24, 2.45) is 0 Å². The Balaban J connectivity index is 2.44. The molecule has 20 heavy (non-hydrogen) atoms. The highest BCUT2D eigenvalue weighted by molar-refractivity contribution is 7.99. The zero-order valence-corrected chi connectivity index (χ0v) is 13.1. The van der Waals surface area contributed by atoms with Crippen molar-refractivity contribution in [1.82, 2.24) is 10.3 Å². The van der Waals surface area contributed by atoms with E-state index in [9.17, 15) is 9.90 Å². The zero-order chi connectivity index (χ0) is 14.8. The van der Waals surface area contributed by atoms with Crippen LogP contribution in [-0.2, 0) is 4.79 Å². The number of pyridine rings is 1. The lowest BCUT2D eigenvalue weighted by Crippen LogP contribution is -2.52. The number of carbonyl (C=O) groups is 1. The molecular weight excluding hydrogens is 272 g/mol. The molecule has 0 aliphatic heterocycles. The van der Waals surface area contributed by atoms with Gasteiger partial charge >= 0.3 is 5.97 Å². The summed E-state index contributed by atoms with van der Waals surface area (Å²) in [6, 6.07) is 3.95. The molecular formula is C15H24N2O2S. The lowest BCUT2D eigenvalue weighted by molar-refractivity contribution is -0.145. The average Bonchev–Trinajstić information content (AvgIpc) is 2.47. The molecule has 4 nitrogen and oxygen atoms in total. The summed E-state index contributed by atoms with van der Waals surface area (Å²) in [4.78, 5) is 16.7. The summed E-state index contributed by atoms with van der Waals surface area (Å²) in [5.41, 5.74) is -0.769. The first-order valence-corrected chi connectivity index (χ1v) is 8.14. The molecule has 0 saturated carbocycles. The number of nitrogens with one attached hydrogen (secondary N) is 1. The van der Waals surface area contributed by atoms with Gasteiger partial charge < -0.3 is 10.4 Å². The Morgan fingerprint density at radius 1 is 1.40 bits per heavy atom. The molecule has 112 valence electrons. The van der Waals surface area contributed by atoms with Crippen LogP contribution in [0.1, 0.15) is 39.5 Å². The maximum Gasteiger partial charge on any atom is 0.323 e. The molecule has 1 rings (SSSR count). The van der Waals surface area contributed by atoms with Crippen molar-refractivity contribution < 1.29 is 9.90 Å². The molecule has 0 radical (unpaired) electrons. The summed E-state index contributed by atoms with van der Waals surface area (Å²) in [7, 11) is 0. The van der Waals surface area contributed by atoms with Crippen LogP contribution in [0.5, 0.6) is 0 Å². The minimum atomic E-state index is -0.769. The van der Waals surface area contributed by atoms with Crippen LogP contribution in [0, 0.1) is 0 Å². The molecule has 0 spiro atoms. The maximum absolute atomic E-state index is 11.5. The van der Waals surface area contributed by atoms with E-state index < -0.39 is 11.5 Å². The highest BCUT2D eigenvalue weighted by Gasteiger charge is 2.35. The molecule has 0 aliphatic carbocycles. The van der Waals surface area contributed by atoms with Crippen molar-refractivity contribution in [3.8, 4) is 0 Å². The largest absolute Gasteiger partial charge is 0.480 e. The first-order valence-electron chi connectivity index (χ1n) is 7.16. The van der Waals surface area contributed by atoms with Gasteiger partial charge in [0.15, 0.2) is 0 Å². The molecule has 0 amide bonds. The van der Waals surface area contributed by atoms with Crippen LogP contribution < -0.4 is 5.32 Å². The minimum absolute atomic E-state index is 0.613. The first-order chi connectivity index (χ1) is 9.64. The predicted molar refractivity (Wildman–Crippen MR) is 83.1 cm³/mol. The Kier molecular flexibility index (Phi) is 7.62. The molecule has 0 aliphatic rings. The van der Waals surface area contributed by atoms with Crippen LogP contribution in [0.2, 0.25) is 0 Å². The van der Waals surface area contributed by atoms with Crippen LogP contribution in [0.25, 0.3) is 0 Å². The van der Waals surface area contributed by atoms with Gasteiger partial charge in [-0.15, -0.1) is 11.8 Å². The topological polar surface area (TPSA) is 62.2 Å². The normalized spacial score (nSPS) is 13.9. The van der Waals surface area contributed by atoms with Crippen molar-refractivity contribution in [1.29, 1.82) is 0 Å². The fourth-order valence-corrected chi connectivity index (χ4v) is 2.93. The summed E-state index contributed by atoms with van der Waals surface area (Å²) >= 11 is 1.75. The standard InChI is InChI=1S/C15H24N2O2S/c1-3-9-17-15(4-2,14(18)19)8-5-12-20-13-6-10-16-11-7-13/h6-7,10-11,17H,3-5,8-9,12H2,1-2H3,(H,18,19). The number of aromatic nitrogens is 1. The fourth-order valence-electron chi connectivity index (χ4n) is 2.09. The van der Waals surface area contributed by atoms with E-state index in [4.69, 9.17) is 0 Å². The second-order valence-corrected chi connectivity index (χ2v) is 5.97. The fraction of sp³-hybridized carbons (Fsp3) is 0.600. The molecule has 1 atom stereocenters. The van der Waals surface area contributed by atoms with Gasteiger partial charge in [0.05, 0.1) is 0 Å². The van der Waals surface area contributed by atoms with E-state index in [0.29, 0.717) is 12.8 Å². The third-order valence-corrected chi connectivity index (χ3v) is 4.49. The highest BCUT2D eigenvalue weighted by Crippen LogP contribution is 2.23. The Hall–Kier alpha value is -1.07. The number of hydrogen-bond acceptors (Lipinski definition) is 4. The molecule has 2 N–H and O–H groups in total. The Morgan fingerprint density at radius 3 is 2.65 bits per heavy atom. The summed E-state index contributed by atoms with van der Waals surface area (Å²) in [6.45, 7) is 4.74. The van der Waals surface area contributed by atoms with E-state index in [-0.39, 0.29) is 0 Å². The molecule has 5 heteroatoms. The van der Waals surface area contributed by atoms with Crippen LogP contribution in [0.4, 0.5) is 0 Å². The molecule has 0 aromatic carbocycles. The Morgan fingerprint density at radius 2 is 2.10 bits per heavy atom. The van der Waals surface area contributed by atoms with Gasteiger partial charge in [-0.2, -0.15) is 0 Å². The minimum Gasteiger partial charge on any atom is -0.480 e. The summed E-state index contributed by atoms with van der Waals surface area (Å²) in [5.74, 6) is 0.190. The van der Waals surface area contributed by atoms with Crippen LogP contribution >= 0.6 is 11.8 Å². The molecule has 1 heterocycles. The number of thioether (sulfide) groups is 1. The monoisotopic (exact) mass is 296 g/mol. The van der Waals surface area contributed by atoms with E-state index >= 15 is 0 Å². The third-order valence-electron chi connectivity index (χ3n) is 3.39. The Labute approximate surface area is 125 Å². The smallest absolute Gasteiger partial charge is 0.323 e. The van der Waals surface area contributed by atoms with E-state index in [1.54, 1.807) is 24.2 Å². The van der Waals surface area contributed by atoms with Gasteiger partial charge in [0.25, 0.3) is 0 Å². The van der Waals surface area contributed by atoms with Gasteiger partial charge in [-0.1, -0.05) is 13.8 Å².